The number of hydrogen-bond acceptors (Lipinski definition) is 2. The molecule has 0 amide bonds. The van der Waals surface area contributed by atoms with Crippen molar-refractivity contribution in [2.24, 2.45) is 5.73 Å². The molecule has 1 rings (SSSR count). The number of hydrogen-bond donors (Lipinski definition) is 1. The van der Waals surface area contributed by atoms with Gasteiger partial charge in [0.05, 0.1) is 0 Å². The Kier molecular flexibility index (Phi) is 9.72. The zero-order valence-electron chi connectivity index (χ0n) is 9.91. The van der Waals surface area contributed by atoms with Crippen LogP contribution in [0, 0.1) is 17.7 Å². The SMILES string of the molecule is CN(C)C(CN)Cc1cc[c-]c(F)c1F.[NH2-].[W+2]. The van der Waals surface area contributed by atoms with Crippen molar-refractivity contribution in [3.63, 3.8) is 0 Å². The molecule has 0 bridgehead atoms. The molecule has 1 aromatic carbocycles. The Morgan fingerprint density at radius 3 is 2.47 bits per heavy atom. The third-order valence-corrected chi connectivity index (χ3v) is 2.43. The smallest absolute Gasteiger partial charge is 0.693 e. The fourth-order valence-electron chi connectivity index (χ4n) is 1.38. The van der Waals surface area contributed by atoms with Crippen LogP contribution in [0.4, 0.5) is 8.78 Å². The minimum Gasteiger partial charge on any atom is -0.693 e. The van der Waals surface area contributed by atoms with Crippen molar-refractivity contribution in [3.05, 3.63) is 41.5 Å². The van der Waals surface area contributed by atoms with Crippen LogP contribution < -0.4 is 5.73 Å². The first-order chi connectivity index (χ1) is 7.06. The van der Waals surface area contributed by atoms with Gasteiger partial charge in [-0.2, -0.15) is 12.1 Å². The second-order valence-corrected chi connectivity index (χ2v) is 3.69. The van der Waals surface area contributed by atoms with E-state index in [1.165, 1.54) is 12.1 Å². The standard InChI is InChI=1S/C11H15F2N2.H2N.W/c1-15(2)9(7-14)6-8-4-3-5-10(12)11(8)13;;/h3-4,9H,6-7,14H2,1-2H3;1H2;/q2*-1;+2. The van der Waals surface area contributed by atoms with Crippen molar-refractivity contribution in [1.82, 2.24) is 4.90 Å². The molecule has 0 aliphatic heterocycles. The molecule has 0 aliphatic rings. The molecule has 0 aliphatic carbocycles. The first-order valence-electron chi connectivity index (χ1n) is 4.77. The molecule has 96 valence electrons. The number of benzene rings is 1. The number of likely N-dealkylation sites (N-methyl/N-ethyl adjacent to an activating group) is 1. The van der Waals surface area contributed by atoms with Crippen LogP contribution in [-0.4, -0.2) is 31.6 Å². The summed E-state index contributed by atoms with van der Waals surface area (Å²) in [5, 5.41) is 0. The summed E-state index contributed by atoms with van der Waals surface area (Å²) in [6.45, 7) is 0.409. The second kappa shape index (κ2) is 8.70. The van der Waals surface area contributed by atoms with E-state index in [-0.39, 0.29) is 33.3 Å². The van der Waals surface area contributed by atoms with Gasteiger partial charge in [-0.25, -0.2) is 4.39 Å². The summed E-state index contributed by atoms with van der Waals surface area (Å²) in [5.41, 5.74) is 5.89. The van der Waals surface area contributed by atoms with Gasteiger partial charge in [-0.1, -0.05) is 0 Å². The molecule has 0 spiro atoms. The molecule has 1 aromatic rings. The quantitative estimate of drug-likeness (QED) is 0.767. The first kappa shape index (κ1) is 19.0. The van der Waals surface area contributed by atoms with Crippen molar-refractivity contribution in [3.8, 4) is 0 Å². The minimum atomic E-state index is -0.929. The van der Waals surface area contributed by atoms with E-state index in [1.807, 2.05) is 19.0 Å². The van der Waals surface area contributed by atoms with Gasteiger partial charge in [0.25, 0.3) is 0 Å². The average molecular weight is 413 g/mol. The second-order valence-electron chi connectivity index (χ2n) is 3.69. The van der Waals surface area contributed by atoms with E-state index in [9.17, 15) is 8.78 Å². The number of nitrogens with two attached hydrogens (primary N) is 2. The summed E-state index contributed by atoms with van der Waals surface area (Å²) >= 11 is 0. The van der Waals surface area contributed by atoms with Crippen LogP contribution in [0.5, 0.6) is 0 Å². The number of nitrogens with zero attached hydrogens (tertiary/aromatic N) is 1. The topological polar surface area (TPSA) is 62.8 Å². The Hall–Kier alpha value is -0.352. The normalized spacial score (nSPS) is 11.6. The van der Waals surface area contributed by atoms with Gasteiger partial charge < -0.3 is 16.8 Å². The zero-order valence-corrected chi connectivity index (χ0v) is 12.8. The van der Waals surface area contributed by atoms with Crippen molar-refractivity contribution >= 4 is 0 Å². The summed E-state index contributed by atoms with van der Waals surface area (Å²) in [4.78, 5) is 1.90. The predicted molar refractivity (Wildman–Crippen MR) is 60.7 cm³/mol. The molecule has 0 heterocycles. The number of rotatable bonds is 4. The molecular weight excluding hydrogens is 396 g/mol. The van der Waals surface area contributed by atoms with Gasteiger partial charge >= 0.3 is 21.1 Å². The van der Waals surface area contributed by atoms with E-state index in [0.29, 0.717) is 18.5 Å². The summed E-state index contributed by atoms with van der Waals surface area (Å²) in [5.74, 6) is -1.75. The Labute approximate surface area is 115 Å². The molecule has 0 saturated carbocycles. The van der Waals surface area contributed by atoms with Gasteiger partial charge in [-0.15, -0.1) is 11.6 Å². The largest absolute Gasteiger partial charge is 2.00 e. The number of halogens is 2. The molecule has 0 fully saturated rings. The summed E-state index contributed by atoms with van der Waals surface area (Å²) in [6, 6.07) is 5.11. The van der Waals surface area contributed by atoms with E-state index in [2.05, 4.69) is 6.07 Å². The van der Waals surface area contributed by atoms with Crippen LogP contribution in [0.2, 0.25) is 0 Å². The Morgan fingerprint density at radius 2 is 2.00 bits per heavy atom. The average Bonchev–Trinajstić information content (AvgIpc) is 2.19. The van der Waals surface area contributed by atoms with Gasteiger partial charge in [0.15, 0.2) is 0 Å². The first-order valence-corrected chi connectivity index (χ1v) is 4.77. The molecule has 17 heavy (non-hydrogen) atoms. The molecule has 1 atom stereocenters. The molecule has 1 unspecified atom stereocenters. The molecule has 0 radical (unpaired) electrons. The fourth-order valence-corrected chi connectivity index (χ4v) is 1.38. The van der Waals surface area contributed by atoms with Crippen LogP contribution in [0.15, 0.2) is 12.1 Å². The monoisotopic (exact) mass is 413 g/mol. The van der Waals surface area contributed by atoms with Gasteiger partial charge in [-0.3, -0.25) is 4.39 Å². The van der Waals surface area contributed by atoms with Crippen LogP contribution >= 0.6 is 0 Å². The maximum atomic E-state index is 13.3. The van der Waals surface area contributed by atoms with E-state index in [4.69, 9.17) is 5.73 Å². The summed E-state index contributed by atoms with van der Waals surface area (Å²) in [7, 11) is 3.72. The van der Waals surface area contributed by atoms with Crippen LogP contribution in [0.25, 0.3) is 6.15 Å². The van der Waals surface area contributed by atoms with Gasteiger partial charge in [0, 0.05) is 24.2 Å². The van der Waals surface area contributed by atoms with Crippen LogP contribution in [0.3, 0.4) is 0 Å². The third-order valence-electron chi connectivity index (χ3n) is 2.43. The summed E-state index contributed by atoms with van der Waals surface area (Å²) < 4.78 is 26.2. The van der Waals surface area contributed by atoms with Gasteiger partial charge in [0.1, 0.15) is 0 Å². The Bertz CT molecular complexity index is 334. The molecule has 6 heteroatoms. The van der Waals surface area contributed by atoms with E-state index >= 15 is 0 Å². The van der Waals surface area contributed by atoms with E-state index < -0.39 is 11.6 Å². The molecule has 0 saturated heterocycles. The van der Waals surface area contributed by atoms with Gasteiger partial charge in [0.2, 0.25) is 0 Å². The molecular formula is C11H17F2N3W. The van der Waals surface area contributed by atoms with Crippen molar-refractivity contribution in [2.75, 3.05) is 20.6 Å². The molecule has 0 aromatic heterocycles. The van der Waals surface area contributed by atoms with Crippen molar-refractivity contribution in [2.45, 2.75) is 12.5 Å². The van der Waals surface area contributed by atoms with Crippen LogP contribution in [-0.2, 0) is 27.5 Å². The fraction of sp³-hybridized carbons (Fsp3) is 0.455. The van der Waals surface area contributed by atoms with E-state index in [0.717, 1.165) is 0 Å². The molecule has 3 nitrogen and oxygen atoms in total. The Morgan fingerprint density at radius 1 is 1.41 bits per heavy atom. The van der Waals surface area contributed by atoms with E-state index in [1.54, 1.807) is 0 Å². The predicted octanol–water partition coefficient (Wildman–Crippen LogP) is 1.91. The maximum Gasteiger partial charge on any atom is 2.00 e. The Balaban J connectivity index is 0. The third kappa shape index (κ3) is 5.21. The zero-order chi connectivity index (χ0) is 11.4. The maximum absolute atomic E-state index is 13.3. The van der Waals surface area contributed by atoms with Crippen molar-refractivity contribution in [1.29, 1.82) is 0 Å². The van der Waals surface area contributed by atoms with Crippen LogP contribution in [0.1, 0.15) is 5.56 Å². The minimum absolute atomic E-state index is 0. The van der Waals surface area contributed by atoms with Gasteiger partial charge in [-0.05, 0) is 20.5 Å². The van der Waals surface area contributed by atoms with Crippen molar-refractivity contribution < 1.29 is 29.8 Å². The summed E-state index contributed by atoms with van der Waals surface area (Å²) in [6.07, 6.45) is 0.404. The molecule has 4 N–H and O–H groups in total.